The summed E-state index contributed by atoms with van der Waals surface area (Å²) in [6.45, 7) is 2.79. The van der Waals surface area contributed by atoms with E-state index in [2.05, 4.69) is 45.7 Å². The molecule has 0 unspecified atom stereocenters. The molecule has 1 aliphatic carbocycles. The highest BCUT2D eigenvalue weighted by Crippen LogP contribution is 2.37. The normalized spacial score (nSPS) is 21.4. The van der Waals surface area contributed by atoms with Crippen molar-refractivity contribution in [2.45, 2.75) is 51.2 Å². The van der Waals surface area contributed by atoms with Crippen molar-refractivity contribution in [1.29, 1.82) is 0 Å². The van der Waals surface area contributed by atoms with E-state index in [0.29, 0.717) is 25.3 Å². The summed E-state index contributed by atoms with van der Waals surface area (Å²) in [5, 5.41) is 7.77. The van der Waals surface area contributed by atoms with Crippen LogP contribution in [0.3, 0.4) is 0 Å². The van der Waals surface area contributed by atoms with Crippen LogP contribution in [0.1, 0.15) is 36.8 Å². The third-order valence-electron chi connectivity index (χ3n) is 5.45. The van der Waals surface area contributed by atoms with Crippen molar-refractivity contribution in [2.75, 3.05) is 13.6 Å². The first kappa shape index (κ1) is 19.6. The third-order valence-corrected chi connectivity index (χ3v) is 5.45. The Morgan fingerprint density at radius 2 is 1.96 bits per heavy atom. The SMILES string of the molecule is CN=C(NCCc1c[nH]c2c(C)cccc12)NC1CCC(C(F)(F)F)CC1. The zero-order valence-corrected chi connectivity index (χ0v) is 15.8. The molecule has 0 atom stereocenters. The number of para-hydroxylation sites is 1. The van der Waals surface area contributed by atoms with Crippen molar-refractivity contribution in [2.24, 2.45) is 10.9 Å². The van der Waals surface area contributed by atoms with Gasteiger partial charge in [-0.05, 0) is 50.2 Å². The fourth-order valence-electron chi connectivity index (χ4n) is 3.84. The zero-order chi connectivity index (χ0) is 19.4. The molecule has 1 aromatic carbocycles. The molecule has 148 valence electrons. The molecular weight excluding hydrogens is 353 g/mol. The molecule has 0 radical (unpaired) electrons. The highest BCUT2D eigenvalue weighted by atomic mass is 19.4. The Kier molecular flexibility index (Phi) is 5.97. The summed E-state index contributed by atoms with van der Waals surface area (Å²) < 4.78 is 38.3. The fourth-order valence-corrected chi connectivity index (χ4v) is 3.84. The van der Waals surface area contributed by atoms with Gasteiger partial charge >= 0.3 is 6.18 Å². The number of guanidine groups is 1. The van der Waals surface area contributed by atoms with Gasteiger partial charge in [-0.25, -0.2) is 0 Å². The van der Waals surface area contributed by atoms with Crippen molar-refractivity contribution < 1.29 is 13.2 Å². The van der Waals surface area contributed by atoms with Crippen LogP contribution in [-0.4, -0.2) is 36.8 Å². The summed E-state index contributed by atoms with van der Waals surface area (Å²) in [5.74, 6) is -0.502. The molecule has 0 spiro atoms. The van der Waals surface area contributed by atoms with Crippen molar-refractivity contribution in [3.63, 3.8) is 0 Å². The largest absolute Gasteiger partial charge is 0.391 e. The van der Waals surface area contributed by atoms with E-state index >= 15 is 0 Å². The molecule has 0 aliphatic heterocycles. The number of aliphatic imine (C=N–C) groups is 1. The second kappa shape index (κ2) is 8.23. The average Bonchev–Trinajstić information content (AvgIpc) is 3.05. The number of nitrogens with one attached hydrogen (secondary N) is 3. The minimum absolute atomic E-state index is 0.0468. The van der Waals surface area contributed by atoms with E-state index < -0.39 is 12.1 Å². The smallest absolute Gasteiger partial charge is 0.361 e. The van der Waals surface area contributed by atoms with Gasteiger partial charge in [0.2, 0.25) is 0 Å². The summed E-state index contributed by atoms with van der Waals surface area (Å²) in [6.07, 6.45) is 0.223. The lowest BCUT2D eigenvalue weighted by Crippen LogP contribution is -2.46. The summed E-state index contributed by atoms with van der Waals surface area (Å²) in [7, 11) is 1.69. The molecule has 1 fully saturated rings. The van der Waals surface area contributed by atoms with Gasteiger partial charge in [-0.3, -0.25) is 4.99 Å². The van der Waals surface area contributed by atoms with Gasteiger partial charge in [0.05, 0.1) is 5.92 Å². The summed E-state index contributed by atoms with van der Waals surface area (Å²) >= 11 is 0. The summed E-state index contributed by atoms with van der Waals surface area (Å²) in [4.78, 5) is 7.53. The van der Waals surface area contributed by atoms with Gasteiger partial charge in [0.25, 0.3) is 0 Å². The number of rotatable bonds is 4. The Morgan fingerprint density at radius 3 is 2.63 bits per heavy atom. The number of hydrogen-bond donors (Lipinski definition) is 3. The molecule has 0 amide bonds. The second-order valence-electron chi connectivity index (χ2n) is 7.29. The molecule has 7 heteroatoms. The molecule has 1 heterocycles. The Labute approximate surface area is 157 Å². The predicted octanol–water partition coefficient (Wildman–Crippen LogP) is 4.30. The van der Waals surface area contributed by atoms with Crippen molar-refractivity contribution in [3.05, 3.63) is 35.5 Å². The maximum Gasteiger partial charge on any atom is 0.391 e. The van der Waals surface area contributed by atoms with Crippen molar-refractivity contribution in [3.8, 4) is 0 Å². The monoisotopic (exact) mass is 380 g/mol. The molecular formula is C20H27F3N4. The molecule has 1 saturated carbocycles. The first-order valence-corrected chi connectivity index (χ1v) is 9.48. The van der Waals surface area contributed by atoms with Gasteiger partial charge in [0.15, 0.2) is 5.96 Å². The summed E-state index contributed by atoms with van der Waals surface area (Å²) in [5.41, 5.74) is 3.62. The van der Waals surface area contributed by atoms with Crippen LogP contribution >= 0.6 is 0 Å². The topological polar surface area (TPSA) is 52.2 Å². The van der Waals surface area contributed by atoms with Gasteiger partial charge < -0.3 is 15.6 Å². The van der Waals surface area contributed by atoms with E-state index in [9.17, 15) is 13.2 Å². The number of halogens is 3. The van der Waals surface area contributed by atoms with Crippen LogP contribution in [0.15, 0.2) is 29.4 Å². The minimum Gasteiger partial charge on any atom is -0.361 e. The van der Waals surface area contributed by atoms with E-state index in [0.717, 1.165) is 11.9 Å². The molecule has 3 rings (SSSR count). The van der Waals surface area contributed by atoms with E-state index in [-0.39, 0.29) is 18.9 Å². The first-order valence-electron chi connectivity index (χ1n) is 9.48. The number of aryl methyl sites for hydroxylation is 1. The van der Waals surface area contributed by atoms with Gasteiger partial charge in [0, 0.05) is 36.7 Å². The molecule has 0 bridgehead atoms. The van der Waals surface area contributed by atoms with Crippen LogP contribution < -0.4 is 10.6 Å². The molecule has 4 nitrogen and oxygen atoms in total. The van der Waals surface area contributed by atoms with E-state index in [1.54, 1.807) is 7.05 Å². The number of alkyl halides is 3. The number of nitrogens with zero attached hydrogens (tertiary/aromatic N) is 1. The maximum absolute atomic E-state index is 12.8. The number of aromatic nitrogens is 1. The average molecular weight is 380 g/mol. The van der Waals surface area contributed by atoms with Crippen LogP contribution in [0.25, 0.3) is 10.9 Å². The third kappa shape index (κ3) is 4.76. The van der Waals surface area contributed by atoms with Crippen molar-refractivity contribution >= 4 is 16.9 Å². The van der Waals surface area contributed by atoms with E-state index in [1.165, 1.54) is 16.5 Å². The van der Waals surface area contributed by atoms with Crippen LogP contribution in [0, 0.1) is 12.8 Å². The molecule has 3 N–H and O–H groups in total. The molecule has 27 heavy (non-hydrogen) atoms. The van der Waals surface area contributed by atoms with E-state index in [1.807, 2.05) is 6.20 Å². The van der Waals surface area contributed by atoms with Crippen molar-refractivity contribution in [1.82, 2.24) is 15.6 Å². The van der Waals surface area contributed by atoms with Crippen LogP contribution in [0.4, 0.5) is 13.2 Å². The lowest BCUT2D eigenvalue weighted by molar-refractivity contribution is -0.182. The van der Waals surface area contributed by atoms with Gasteiger partial charge in [-0.1, -0.05) is 18.2 Å². The fraction of sp³-hybridized carbons (Fsp3) is 0.550. The second-order valence-corrected chi connectivity index (χ2v) is 7.29. The number of aromatic amines is 1. The Balaban J connectivity index is 1.48. The van der Waals surface area contributed by atoms with Gasteiger partial charge in [-0.2, -0.15) is 13.2 Å². The quantitative estimate of drug-likeness (QED) is 0.547. The zero-order valence-electron chi connectivity index (χ0n) is 15.8. The van der Waals surface area contributed by atoms with Crippen LogP contribution in [0.2, 0.25) is 0 Å². The maximum atomic E-state index is 12.8. The minimum atomic E-state index is -4.07. The highest BCUT2D eigenvalue weighted by molar-refractivity contribution is 5.86. The lowest BCUT2D eigenvalue weighted by atomic mass is 9.85. The summed E-state index contributed by atoms with van der Waals surface area (Å²) in [6, 6.07) is 6.30. The predicted molar refractivity (Wildman–Crippen MR) is 103 cm³/mol. The number of hydrogen-bond acceptors (Lipinski definition) is 1. The molecule has 0 saturated heterocycles. The Bertz CT molecular complexity index is 786. The number of benzene rings is 1. The van der Waals surface area contributed by atoms with Gasteiger partial charge in [-0.15, -0.1) is 0 Å². The highest BCUT2D eigenvalue weighted by Gasteiger charge is 2.41. The lowest BCUT2D eigenvalue weighted by Gasteiger charge is -2.31. The molecule has 2 aromatic rings. The Morgan fingerprint density at radius 1 is 1.22 bits per heavy atom. The number of fused-ring (bicyclic) bond motifs is 1. The molecule has 1 aliphatic rings. The first-order chi connectivity index (χ1) is 12.9. The van der Waals surface area contributed by atoms with Gasteiger partial charge in [0.1, 0.15) is 0 Å². The van der Waals surface area contributed by atoms with E-state index in [4.69, 9.17) is 0 Å². The number of H-pyrrole nitrogens is 1. The molecule has 1 aromatic heterocycles. The van der Waals surface area contributed by atoms with Crippen LogP contribution in [0.5, 0.6) is 0 Å². The standard InChI is InChI=1S/C20H27F3N4/c1-13-4-3-5-17-14(12-26-18(13)17)10-11-25-19(24-2)27-16-8-6-15(7-9-16)20(21,22)23/h3-5,12,15-16,26H,6-11H2,1-2H3,(H2,24,25,27). The van der Waals surface area contributed by atoms with Crippen LogP contribution in [-0.2, 0) is 6.42 Å². The Hall–Kier alpha value is -2.18.